The zero-order valence-corrected chi connectivity index (χ0v) is 7.09. The highest BCUT2D eigenvalue weighted by Gasteiger charge is 2.39. The lowest BCUT2D eigenvalue weighted by atomic mass is 9.78. The smallest absolute Gasteiger partial charge is 0.311 e. The van der Waals surface area contributed by atoms with E-state index in [2.05, 4.69) is 5.32 Å². The van der Waals surface area contributed by atoms with Crippen molar-refractivity contribution in [3.63, 3.8) is 0 Å². The zero-order valence-electron chi connectivity index (χ0n) is 7.09. The minimum Gasteiger partial charge on any atom is -0.481 e. The van der Waals surface area contributed by atoms with Gasteiger partial charge in [0.25, 0.3) is 0 Å². The molecule has 1 unspecified atom stereocenters. The van der Waals surface area contributed by atoms with Gasteiger partial charge in [0.1, 0.15) is 0 Å². The van der Waals surface area contributed by atoms with Gasteiger partial charge in [-0.25, -0.2) is 0 Å². The van der Waals surface area contributed by atoms with Crippen LogP contribution in [0.3, 0.4) is 0 Å². The number of aliphatic carboxylic acids is 1. The van der Waals surface area contributed by atoms with Gasteiger partial charge < -0.3 is 10.4 Å². The van der Waals surface area contributed by atoms with Crippen LogP contribution in [0.2, 0.25) is 0 Å². The van der Waals surface area contributed by atoms with Crippen LogP contribution in [0.5, 0.6) is 0 Å². The predicted molar refractivity (Wildman–Crippen MR) is 42.6 cm³/mol. The Morgan fingerprint density at radius 1 is 1.75 bits per heavy atom. The molecule has 1 fully saturated rings. The first-order valence-corrected chi connectivity index (χ1v) is 4.11. The van der Waals surface area contributed by atoms with Crippen molar-refractivity contribution in [3.05, 3.63) is 0 Å². The number of amides is 1. The fraction of sp³-hybridized carbons (Fsp3) is 0.750. The molecule has 0 aromatic carbocycles. The van der Waals surface area contributed by atoms with Crippen molar-refractivity contribution < 1.29 is 14.7 Å². The Hall–Kier alpha value is -1.06. The number of carboxylic acid groups (broad SMARTS) is 1. The summed E-state index contributed by atoms with van der Waals surface area (Å²) < 4.78 is 0. The molecule has 1 atom stereocenters. The van der Waals surface area contributed by atoms with Crippen molar-refractivity contribution in [3.8, 4) is 0 Å². The Labute approximate surface area is 71.0 Å². The summed E-state index contributed by atoms with van der Waals surface area (Å²) in [5.41, 5.74) is -0.714. The molecular formula is C8H13NO3. The lowest BCUT2D eigenvalue weighted by Gasteiger charge is -2.31. The topological polar surface area (TPSA) is 66.4 Å². The number of carboxylic acids is 1. The van der Waals surface area contributed by atoms with Crippen LogP contribution in [-0.2, 0) is 9.59 Å². The van der Waals surface area contributed by atoms with E-state index in [0.29, 0.717) is 19.3 Å². The molecule has 4 heteroatoms. The van der Waals surface area contributed by atoms with Gasteiger partial charge >= 0.3 is 5.97 Å². The first kappa shape index (κ1) is 9.03. The largest absolute Gasteiger partial charge is 0.481 e. The molecule has 1 aliphatic rings. The lowest BCUT2D eigenvalue weighted by Crippen LogP contribution is -2.47. The molecule has 0 bridgehead atoms. The Morgan fingerprint density at radius 3 is 2.75 bits per heavy atom. The highest BCUT2D eigenvalue weighted by atomic mass is 16.4. The van der Waals surface area contributed by atoms with Gasteiger partial charge in [0.15, 0.2) is 0 Å². The summed E-state index contributed by atoms with van der Waals surface area (Å²) in [6.45, 7) is 2.11. The highest BCUT2D eigenvalue weighted by molar-refractivity contribution is 5.82. The van der Waals surface area contributed by atoms with E-state index in [-0.39, 0.29) is 12.5 Å². The monoisotopic (exact) mass is 171 g/mol. The van der Waals surface area contributed by atoms with Gasteiger partial charge in [-0.15, -0.1) is 0 Å². The second-order valence-corrected chi connectivity index (χ2v) is 3.22. The number of hydrogen-bond donors (Lipinski definition) is 2. The third kappa shape index (κ3) is 1.42. The van der Waals surface area contributed by atoms with Crippen molar-refractivity contribution in [1.82, 2.24) is 5.32 Å². The van der Waals surface area contributed by atoms with E-state index in [4.69, 9.17) is 5.11 Å². The van der Waals surface area contributed by atoms with Crippen LogP contribution in [0.25, 0.3) is 0 Å². The van der Waals surface area contributed by atoms with E-state index in [1.54, 1.807) is 0 Å². The van der Waals surface area contributed by atoms with Crippen LogP contribution in [-0.4, -0.2) is 23.5 Å². The standard InChI is InChI=1S/C8H13NO3/c1-2-8(7(11)12)4-3-6(10)9-5-8/h2-5H2,1H3,(H,9,10)(H,11,12). The number of carbonyl (C=O) groups excluding carboxylic acids is 1. The Balaban J connectivity index is 2.69. The molecule has 0 spiro atoms. The van der Waals surface area contributed by atoms with Gasteiger partial charge in [0.05, 0.1) is 5.41 Å². The average Bonchev–Trinajstić information content (AvgIpc) is 2.06. The molecule has 12 heavy (non-hydrogen) atoms. The summed E-state index contributed by atoms with van der Waals surface area (Å²) in [6, 6.07) is 0. The second kappa shape index (κ2) is 3.13. The maximum absolute atomic E-state index is 10.9. The molecule has 68 valence electrons. The maximum atomic E-state index is 10.9. The van der Waals surface area contributed by atoms with Crippen LogP contribution in [0.15, 0.2) is 0 Å². The Morgan fingerprint density at radius 2 is 2.42 bits per heavy atom. The minimum atomic E-state index is -0.801. The van der Waals surface area contributed by atoms with Gasteiger partial charge in [-0.05, 0) is 12.8 Å². The van der Waals surface area contributed by atoms with E-state index >= 15 is 0 Å². The van der Waals surface area contributed by atoms with Crippen LogP contribution in [0.1, 0.15) is 26.2 Å². The van der Waals surface area contributed by atoms with Crippen LogP contribution in [0.4, 0.5) is 0 Å². The summed E-state index contributed by atoms with van der Waals surface area (Å²) in [5.74, 6) is -0.842. The predicted octanol–water partition coefficient (Wildman–Crippen LogP) is 0.377. The maximum Gasteiger partial charge on any atom is 0.311 e. The number of carbonyl (C=O) groups is 2. The van der Waals surface area contributed by atoms with E-state index in [9.17, 15) is 9.59 Å². The van der Waals surface area contributed by atoms with E-state index in [1.165, 1.54) is 0 Å². The van der Waals surface area contributed by atoms with Crippen LogP contribution in [0, 0.1) is 5.41 Å². The van der Waals surface area contributed by atoms with Crippen molar-refractivity contribution in [1.29, 1.82) is 0 Å². The molecule has 0 aromatic rings. The molecule has 0 aromatic heterocycles. The molecule has 0 aliphatic carbocycles. The normalized spacial score (nSPS) is 29.6. The van der Waals surface area contributed by atoms with E-state index < -0.39 is 11.4 Å². The SMILES string of the molecule is CCC1(C(=O)O)CCC(=O)NC1. The van der Waals surface area contributed by atoms with Gasteiger partial charge in [-0.2, -0.15) is 0 Å². The van der Waals surface area contributed by atoms with Crippen molar-refractivity contribution in [2.24, 2.45) is 5.41 Å². The minimum absolute atomic E-state index is 0.0414. The molecular weight excluding hydrogens is 158 g/mol. The summed E-state index contributed by atoms with van der Waals surface area (Å²) in [7, 11) is 0. The van der Waals surface area contributed by atoms with Crippen LogP contribution < -0.4 is 5.32 Å². The number of nitrogens with one attached hydrogen (secondary N) is 1. The van der Waals surface area contributed by atoms with Gasteiger partial charge in [0.2, 0.25) is 5.91 Å². The molecule has 1 heterocycles. The molecule has 2 N–H and O–H groups in total. The van der Waals surface area contributed by atoms with E-state index in [1.807, 2.05) is 6.92 Å². The number of piperidine rings is 1. The first-order valence-electron chi connectivity index (χ1n) is 4.11. The Kier molecular flexibility index (Phi) is 2.35. The van der Waals surface area contributed by atoms with Gasteiger partial charge in [-0.3, -0.25) is 9.59 Å². The lowest BCUT2D eigenvalue weighted by molar-refractivity contribution is -0.151. The summed E-state index contributed by atoms with van der Waals surface area (Å²) >= 11 is 0. The van der Waals surface area contributed by atoms with Crippen molar-refractivity contribution >= 4 is 11.9 Å². The molecule has 1 aliphatic heterocycles. The molecule has 1 saturated heterocycles. The molecule has 1 rings (SSSR count). The second-order valence-electron chi connectivity index (χ2n) is 3.22. The average molecular weight is 171 g/mol. The van der Waals surface area contributed by atoms with Gasteiger partial charge in [0, 0.05) is 13.0 Å². The summed E-state index contributed by atoms with van der Waals surface area (Å²) in [4.78, 5) is 21.6. The Bertz CT molecular complexity index is 202. The molecule has 4 nitrogen and oxygen atoms in total. The number of hydrogen-bond acceptors (Lipinski definition) is 2. The first-order chi connectivity index (χ1) is 5.60. The van der Waals surface area contributed by atoms with Crippen molar-refractivity contribution in [2.45, 2.75) is 26.2 Å². The highest BCUT2D eigenvalue weighted by Crippen LogP contribution is 2.30. The quantitative estimate of drug-likeness (QED) is 0.631. The number of rotatable bonds is 2. The van der Waals surface area contributed by atoms with Crippen molar-refractivity contribution in [2.75, 3.05) is 6.54 Å². The van der Waals surface area contributed by atoms with Gasteiger partial charge in [-0.1, -0.05) is 6.92 Å². The molecule has 0 saturated carbocycles. The third-order valence-electron chi connectivity index (χ3n) is 2.59. The van der Waals surface area contributed by atoms with Crippen LogP contribution >= 0.6 is 0 Å². The summed E-state index contributed by atoms with van der Waals surface area (Å²) in [5, 5.41) is 11.5. The fourth-order valence-electron chi connectivity index (χ4n) is 1.43. The van der Waals surface area contributed by atoms with E-state index in [0.717, 1.165) is 0 Å². The fourth-order valence-corrected chi connectivity index (χ4v) is 1.43. The molecule has 1 amide bonds. The summed E-state index contributed by atoms with van der Waals surface area (Å²) in [6.07, 6.45) is 1.37. The molecule has 0 radical (unpaired) electrons. The third-order valence-corrected chi connectivity index (χ3v) is 2.59. The zero-order chi connectivity index (χ0) is 9.19.